The van der Waals surface area contributed by atoms with Crippen molar-refractivity contribution in [3.8, 4) is 0 Å². The van der Waals surface area contributed by atoms with E-state index in [2.05, 4.69) is 33.0 Å². The highest BCUT2D eigenvalue weighted by Crippen LogP contribution is 2.24. The van der Waals surface area contributed by atoms with E-state index in [4.69, 9.17) is 5.11 Å². The highest BCUT2D eigenvalue weighted by molar-refractivity contribution is 4.74. The zero-order valence-corrected chi connectivity index (χ0v) is 9.56. The number of rotatable bonds is 7. The highest BCUT2D eigenvalue weighted by Gasteiger charge is 2.21. The molecular weight excluding hydrogens is 162 g/mol. The Labute approximate surface area is 82.7 Å². The molecule has 0 aliphatic heterocycles. The second-order valence-electron chi connectivity index (χ2n) is 4.75. The molecule has 0 saturated heterocycles. The molecule has 2 heteroatoms. The summed E-state index contributed by atoms with van der Waals surface area (Å²) < 4.78 is 0. The summed E-state index contributed by atoms with van der Waals surface area (Å²) >= 11 is 0. The van der Waals surface area contributed by atoms with Gasteiger partial charge in [-0.2, -0.15) is 0 Å². The van der Waals surface area contributed by atoms with Crippen LogP contribution in [0.1, 0.15) is 40.5 Å². The molecule has 0 aromatic carbocycles. The summed E-state index contributed by atoms with van der Waals surface area (Å²) in [6.45, 7) is 11.5. The van der Waals surface area contributed by atoms with E-state index in [1.54, 1.807) is 0 Å². The Bertz CT molecular complexity index is 121. The smallest absolute Gasteiger partial charge is 0.0431 e. The lowest BCUT2D eigenvalue weighted by molar-refractivity contribution is 0.235. The molecule has 0 amide bonds. The first-order chi connectivity index (χ1) is 6.00. The van der Waals surface area contributed by atoms with E-state index in [1.165, 1.54) is 0 Å². The molecule has 0 heterocycles. The van der Waals surface area contributed by atoms with Gasteiger partial charge in [-0.1, -0.05) is 27.7 Å². The minimum Gasteiger partial charge on any atom is -0.396 e. The third kappa shape index (κ3) is 6.05. The van der Waals surface area contributed by atoms with Crippen LogP contribution in [0.3, 0.4) is 0 Å². The Morgan fingerprint density at radius 3 is 2.31 bits per heavy atom. The lowest BCUT2D eigenvalue weighted by Crippen LogP contribution is -2.33. The standard InChI is InChI=1S/C11H25NO/c1-10(2)11(3,4)9-12-7-5-6-8-13/h10,12-13H,5-9H2,1-4H3. The lowest BCUT2D eigenvalue weighted by atomic mass is 9.81. The molecule has 0 bridgehead atoms. The van der Waals surface area contributed by atoms with Crippen molar-refractivity contribution < 1.29 is 5.11 Å². The van der Waals surface area contributed by atoms with Crippen molar-refractivity contribution in [2.24, 2.45) is 11.3 Å². The van der Waals surface area contributed by atoms with Crippen LogP contribution < -0.4 is 5.32 Å². The number of nitrogens with one attached hydrogen (secondary N) is 1. The number of hydrogen-bond acceptors (Lipinski definition) is 2. The SMILES string of the molecule is CC(C)C(C)(C)CNCCCCO. The predicted octanol–water partition coefficient (Wildman–Crippen LogP) is 2.03. The fourth-order valence-electron chi connectivity index (χ4n) is 0.976. The maximum atomic E-state index is 8.59. The summed E-state index contributed by atoms with van der Waals surface area (Å²) in [6, 6.07) is 0. The van der Waals surface area contributed by atoms with E-state index < -0.39 is 0 Å². The molecule has 0 atom stereocenters. The third-order valence-corrected chi connectivity index (χ3v) is 2.91. The molecule has 0 aliphatic carbocycles. The Morgan fingerprint density at radius 1 is 1.23 bits per heavy atom. The number of unbranched alkanes of at least 4 members (excludes halogenated alkanes) is 1. The van der Waals surface area contributed by atoms with E-state index in [0.29, 0.717) is 17.9 Å². The second kappa shape index (κ2) is 6.39. The van der Waals surface area contributed by atoms with E-state index in [9.17, 15) is 0 Å². The summed E-state index contributed by atoms with van der Waals surface area (Å²) in [6.07, 6.45) is 1.99. The molecule has 80 valence electrons. The Balaban J connectivity index is 3.41. The summed E-state index contributed by atoms with van der Waals surface area (Å²) in [4.78, 5) is 0. The average Bonchev–Trinajstić information content (AvgIpc) is 2.03. The minimum atomic E-state index is 0.315. The van der Waals surface area contributed by atoms with Crippen molar-refractivity contribution in [2.45, 2.75) is 40.5 Å². The van der Waals surface area contributed by atoms with Crippen LogP contribution in [-0.4, -0.2) is 24.8 Å². The van der Waals surface area contributed by atoms with Crippen LogP contribution >= 0.6 is 0 Å². The highest BCUT2D eigenvalue weighted by atomic mass is 16.2. The topological polar surface area (TPSA) is 32.3 Å². The van der Waals surface area contributed by atoms with Crippen LogP contribution in [0.5, 0.6) is 0 Å². The normalized spacial score (nSPS) is 12.5. The van der Waals surface area contributed by atoms with Gasteiger partial charge in [0.25, 0.3) is 0 Å². The van der Waals surface area contributed by atoms with Crippen molar-refractivity contribution in [1.82, 2.24) is 5.32 Å². The number of aliphatic hydroxyl groups excluding tert-OH is 1. The first-order valence-corrected chi connectivity index (χ1v) is 5.32. The molecule has 2 nitrogen and oxygen atoms in total. The zero-order valence-electron chi connectivity index (χ0n) is 9.56. The molecule has 0 radical (unpaired) electrons. The molecule has 0 unspecified atom stereocenters. The molecule has 13 heavy (non-hydrogen) atoms. The molecule has 0 aromatic heterocycles. The molecule has 0 rings (SSSR count). The monoisotopic (exact) mass is 187 g/mol. The van der Waals surface area contributed by atoms with Gasteiger partial charge in [-0.15, -0.1) is 0 Å². The Hall–Kier alpha value is -0.0800. The van der Waals surface area contributed by atoms with Crippen molar-refractivity contribution >= 4 is 0 Å². The summed E-state index contributed by atoms with van der Waals surface area (Å²) in [5.41, 5.74) is 0.374. The molecule has 0 saturated carbocycles. The zero-order chi connectivity index (χ0) is 10.3. The van der Waals surface area contributed by atoms with Gasteiger partial charge in [0.15, 0.2) is 0 Å². The van der Waals surface area contributed by atoms with Gasteiger partial charge in [0.2, 0.25) is 0 Å². The van der Waals surface area contributed by atoms with Gasteiger partial charge < -0.3 is 10.4 Å². The van der Waals surface area contributed by atoms with E-state index in [-0.39, 0.29) is 0 Å². The van der Waals surface area contributed by atoms with Crippen LogP contribution in [0.2, 0.25) is 0 Å². The molecule has 0 aromatic rings. The van der Waals surface area contributed by atoms with Gasteiger partial charge in [-0.05, 0) is 30.7 Å². The van der Waals surface area contributed by atoms with Gasteiger partial charge in [-0.3, -0.25) is 0 Å². The second-order valence-corrected chi connectivity index (χ2v) is 4.75. The quantitative estimate of drug-likeness (QED) is 0.598. The first kappa shape index (κ1) is 12.9. The third-order valence-electron chi connectivity index (χ3n) is 2.91. The fourth-order valence-corrected chi connectivity index (χ4v) is 0.976. The van der Waals surface area contributed by atoms with Crippen molar-refractivity contribution in [2.75, 3.05) is 19.7 Å². The molecule has 0 spiro atoms. The van der Waals surface area contributed by atoms with Crippen LogP contribution in [0.4, 0.5) is 0 Å². The van der Waals surface area contributed by atoms with Crippen molar-refractivity contribution in [1.29, 1.82) is 0 Å². The van der Waals surface area contributed by atoms with Gasteiger partial charge >= 0.3 is 0 Å². The summed E-state index contributed by atoms with van der Waals surface area (Å²) in [5, 5.41) is 12.0. The maximum absolute atomic E-state index is 8.59. The van der Waals surface area contributed by atoms with Crippen LogP contribution in [0.15, 0.2) is 0 Å². The predicted molar refractivity (Wildman–Crippen MR) is 57.8 cm³/mol. The van der Waals surface area contributed by atoms with Crippen LogP contribution in [0.25, 0.3) is 0 Å². The molecule has 2 N–H and O–H groups in total. The lowest BCUT2D eigenvalue weighted by Gasteiger charge is -2.29. The number of hydrogen-bond donors (Lipinski definition) is 2. The van der Waals surface area contributed by atoms with E-state index >= 15 is 0 Å². The van der Waals surface area contributed by atoms with Gasteiger partial charge in [0, 0.05) is 13.2 Å². The minimum absolute atomic E-state index is 0.315. The summed E-state index contributed by atoms with van der Waals surface area (Å²) in [5.74, 6) is 0.706. The summed E-state index contributed by atoms with van der Waals surface area (Å²) in [7, 11) is 0. The average molecular weight is 187 g/mol. The van der Waals surface area contributed by atoms with Crippen molar-refractivity contribution in [3.63, 3.8) is 0 Å². The molecule has 0 aliphatic rings. The number of aliphatic hydroxyl groups is 1. The molecular formula is C11H25NO. The molecule has 0 fully saturated rings. The Morgan fingerprint density at radius 2 is 1.85 bits per heavy atom. The van der Waals surface area contributed by atoms with Crippen LogP contribution in [-0.2, 0) is 0 Å². The maximum Gasteiger partial charge on any atom is 0.0431 e. The largest absolute Gasteiger partial charge is 0.396 e. The first-order valence-electron chi connectivity index (χ1n) is 5.32. The van der Waals surface area contributed by atoms with Crippen LogP contribution in [0, 0.1) is 11.3 Å². The van der Waals surface area contributed by atoms with Crippen molar-refractivity contribution in [3.05, 3.63) is 0 Å². The fraction of sp³-hybridized carbons (Fsp3) is 1.00. The van der Waals surface area contributed by atoms with Gasteiger partial charge in [0.1, 0.15) is 0 Å². The Kier molecular flexibility index (Phi) is 6.35. The van der Waals surface area contributed by atoms with E-state index in [0.717, 1.165) is 25.9 Å². The van der Waals surface area contributed by atoms with Gasteiger partial charge in [-0.25, -0.2) is 0 Å². The van der Waals surface area contributed by atoms with Gasteiger partial charge in [0.05, 0.1) is 0 Å². The van der Waals surface area contributed by atoms with E-state index in [1.807, 2.05) is 0 Å².